The minimum absolute atomic E-state index is 0.121. The van der Waals surface area contributed by atoms with Gasteiger partial charge in [-0.25, -0.2) is 4.39 Å². The molecule has 8 heteroatoms. The first kappa shape index (κ1) is 21.9. The SMILES string of the molecule is Fc1ccccc1CN1CCC[C@@H](c2nnc(-c3ccc4[nH]nc(-c5ccc6coccc5-6)c4c3)o2)C1. The number of H-pyrrole nitrogens is 1. The summed E-state index contributed by atoms with van der Waals surface area (Å²) in [6, 6.07) is 19.0. The van der Waals surface area contributed by atoms with Crippen molar-refractivity contribution in [1.29, 1.82) is 0 Å². The summed E-state index contributed by atoms with van der Waals surface area (Å²) in [6.07, 6.45) is 5.38. The van der Waals surface area contributed by atoms with Crippen molar-refractivity contribution < 1.29 is 13.2 Å². The first-order valence-electron chi connectivity index (χ1n) is 12.5. The fraction of sp³-hybridized carbons (Fsp3) is 0.207. The molecule has 1 saturated heterocycles. The number of likely N-dealkylation sites (tertiary alicyclic amines) is 1. The van der Waals surface area contributed by atoms with Crippen LogP contribution in [-0.2, 0) is 6.54 Å². The van der Waals surface area contributed by atoms with Crippen LogP contribution in [0.4, 0.5) is 4.39 Å². The number of benzene rings is 2. The van der Waals surface area contributed by atoms with E-state index in [-0.39, 0.29) is 11.7 Å². The highest BCUT2D eigenvalue weighted by Gasteiger charge is 2.27. The summed E-state index contributed by atoms with van der Waals surface area (Å²) in [7, 11) is 0. The fourth-order valence-corrected chi connectivity index (χ4v) is 5.36. The Morgan fingerprint density at radius 3 is 2.86 bits per heavy atom. The third-order valence-electron chi connectivity index (χ3n) is 7.25. The topological polar surface area (TPSA) is 84.0 Å². The van der Waals surface area contributed by atoms with Crippen LogP contribution in [0.2, 0.25) is 0 Å². The third-order valence-corrected chi connectivity index (χ3v) is 7.25. The standard InChI is InChI=1S/C29H24FN5O2/c30-25-6-2-1-4-19(25)15-35-12-3-5-20(16-35)29-34-33-28(37-29)18-8-10-26-24(14-18)27(32-31-26)23-9-7-21-17-36-13-11-22(21)23/h1-2,4,6-11,13-14,17,20H,3,5,12,15-16H2,(H,31,32)/t20-/m1/s1. The van der Waals surface area contributed by atoms with Crippen molar-refractivity contribution in [2.45, 2.75) is 25.3 Å². The Labute approximate surface area is 212 Å². The van der Waals surface area contributed by atoms with Crippen molar-refractivity contribution in [1.82, 2.24) is 25.3 Å². The molecule has 1 fully saturated rings. The van der Waals surface area contributed by atoms with Crippen molar-refractivity contribution in [2.75, 3.05) is 13.1 Å². The zero-order chi connectivity index (χ0) is 24.8. The highest BCUT2D eigenvalue weighted by Crippen LogP contribution is 2.38. The lowest BCUT2D eigenvalue weighted by molar-refractivity contribution is 0.184. The summed E-state index contributed by atoms with van der Waals surface area (Å²) in [5, 5.41) is 17.5. The van der Waals surface area contributed by atoms with E-state index in [1.165, 1.54) is 6.07 Å². The van der Waals surface area contributed by atoms with Gasteiger partial charge in [0, 0.05) is 40.7 Å². The van der Waals surface area contributed by atoms with Gasteiger partial charge in [-0.15, -0.1) is 10.2 Å². The lowest BCUT2D eigenvalue weighted by atomic mass is 9.97. The summed E-state index contributed by atoms with van der Waals surface area (Å²) in [4.78, 5) is 2.26. The maximum absolute atomic E-state index is 14.2. The van der Waals surface area contributed by atoms with Crippen molar-refractivity contribution in [3.63, 3.8) is 0 Å². The number of halogens is 1. The molecule has 0 saturated carbocycles. The molecule has 2 aromatic carbocycles. The van der Waals surface area contributed by atoms with E-state index in [4.69, 9.17) is 8.83 Å². The molecule has 4 heterocycles. The number of hydrogen-bond acceptors (Lipinski definition) is 6. The lowest BCUT2D eigenvalue weighted by Gasteiger charge is -2.31. The van der Waals surface area contributed by atoms with Crippen molar-refractivity contribution >= 4 is 10.9 Å². The molecule has 1 atom stereocenters. The molecule has 37 heavy (non-hydrogen) atoms. The van der Waals surface area contributed by atoms with Crippen LogP contribution in [-0.4, -0.2) is 38.4 Å². The highest BCUT2D eigenvalue weighted by atomic mass is 19.1. The van der Waals surface area contributed by atoms with Crippen LogP contribution < -0.4 is 0 Å². The van der Waals surface area contributed by atoms with Crippen LogP contribution in [0, 0.1) is 5.82 Å². The predicted molar refractivity (Wildman–Crippen MR) is 137 cm³/mol. The molecule has 0 bridgehead atoms. The van der Waals surface area contributed by atoms with Gasteiger partial charge in [0.05, 0.1) is 24.0 Å². The van der Waals surface area contributed by atoms with Crippen LogP contribution in [0.5, 0.6) is 0 Å². The number of aromatic amines is 1. The molecule has 1 aliphatic carbocycles. The largest absolute Gasteiger partial charge is 0.472 e. The quantitative estimate of drug-likeness (QED) is 0.295. The molecule has 2 aromatic heterocycles. The lowest BCUT2D eigenvalue weighted by Crippen LogP contribution is -2.34. The number of aromatic nitrogens is 4. The number of fused-ring (bicyclic) bond motifs is 2. The van der Waals surface area contributed by atoms with Gasteiger partial charge < -0.3 is 8.83 Å². The van der Waals surface area contributed by atoms with Gasteiger partial charge in [-0.2, -0.15) is 5.10 Å². The van der Waals surface area contributed by atoms with E-state index in [1.54, 1.807) is 18.6 Å². The van der Waals surface area contributed by atoms with Crippen molar-refractivity contribution in [3.05, 3.63) is 90.5 Å². The summed E-state index contributed by atoms with van der Waals surface area (Å²) in [6.45, 7) is 2.27. The van der Waals surface area contributed by atoms with E-state index in [9.17, 15) is 4.39 Å². The summed E-state index contributed by atoms with van der Waals surface area (Å²) in [5.74, 6) is 1.08. The van der Waals surface area contributed by atoms with Gasteiger partial charge in [0.15, 0.2) is 0 Å². The predicted octanol–water partition coefficient (Wildman–Crippen LogP) is 6.50. The Morgan fingerprint density at radius 1 is 1.00 bits per heavy atom. The van der Waals surface area contributed by atoms with Crippen LogP contribution in [0.15, 0.2) is 82.0 Å². The first-order chi connectivity index (χ1) is 18.2. The van der Waals surface area contributed by atoms with Gasteiger partial charge >= 0.3 is 0 Å². The fourth-order valence-electron chi connectivity index (χ4n) is 5.36. The van der Waals surface area contributed by atoms with E-state index >= 15 is 0 Å². The molecular formula is C29H24FN5O2. The number of nitrogens with one attached hydrogen (secondary N) is 1. The Hall–Kier alpha value is -4.30. The van der Waals surface area contributed by atoms with E-state index in [0.29, 0.717) is 23.9 Å². The number of nitrogens with zero attached hydrogens (tertiary/aromatic N) is 4. The highest BCUT2D eigenvalue weighted by molar-refractivity contribution is 5.99. The van der Waals surface area contributed by atoms with E-state index < -0.39 is 0 Å². The van der Waals surface area contributed by atoms with Crippen LogP contribution in [0.1, 0.15) is 30.2 Å². The molecule has 0 unspecified atom stereocenters. The van der Waals surface area contributed by atoms with Crippen LogP contribution in [0.25, 0.3) is 44.7 Å². The van der Waals surface area contributed by atoms with Gasteiger partial charge in [0.25, 0.3) is 0 Å². The molecule has 0 amide bonds. The molecule has 1 N–H and O–H groups in total. The first-order valence-corrected chi connectivity index (χ1v) is 12.5. The van der Waals surface area contributed by atoms with Crippen LogP contribution >= 0.6 is 0 Å². The van der Waals surface area contributed by atoms with Crippen molar-refractivity contribution in [3.8, 4) is 33.8 Å². The van der Waals surface area contributed by atoms with Gasteiger partial charge in [-0.1, -0.05) is 30.3 Å². The molecule has 7 rings (SSSR count). The second kappa shape index (κ2) is 8.97. The minimum Gasteiger partial charge on any atom is -0.472 e. The van der Waals surface area contributed by atoms with E-state index in [0.717, 1.165) is 64.8 Å². The van der Waals surface area contributed by atoms with Crippen molar-refractivity contribution in [2.24, 2.45) is 0 Å². The Bertz CT molecular complexity index is 1670. The van der Waals surface area contributed by atoms with E-state index in [2.05, 4.69) is 31.4 Å². The molecule has 4 aromatic rings. The zero-order valence-electron chi connectivity index (χ0n) is 20.0. The normalized spacial score (nSPS) is 16.6. The second-order valence-corrected chi connectivity index (χ2v) is 9.62. The average Bonchev–Trinajstić information content (AvgIpc) is 3.68. The maximum atomic E-state index is 14.2. The monoisotopic (exact) mass is 493 g/mol. The molecule has 0 spiro atoms. The maximum Gasteiger partial charge on any atom is 0.247 e. The molecule has 184 valence electrons. The Kier molecular flexibility index (Phi) is 5.32. The Morgan fingerprint density at radius 2 is 1.92 bits per heavy atom. The average molecular weight is 494 g/mol. The van der Waals surface area contributed by atoms with Gasteiger partial charge in [-0.3, -0.25) is 10.00 Å². The summed E-state index contributed by atoms with van der Waals surface area (Å²) < 4.78 is 25.7. The number of piperidine rings is 1. The van der Waals surface area contributed by atoms with Crippen LogP contribution in [0.3, 0.4) is 0 Å². The van der Waals surface area contributed by atoms with E-state index in [1.807, 2.05) is 42.5 Å². The third kappa shape index (κ3) is 3.99. The van der Waals surface area contributed by atoms with Gasteiger partial charge in [-0.05, 0) is 55.3 Å². The summed E-state index contributed by atoms with van der Waals surface area (Å²) >= 11 is 0. The Balaban J connectivity index is 1.15. The number of hydrogen-bond donors (Lipinski definition) is 1. The van der Waals surface area contributed by atoms with Gasteiger partial charge in [0.1, 0.15) is 11.5 Å². The molecule has 0 radical (unpaired) electrons. The molecule has 3 aliphatic rings. The summed E-state index contributed by atoms with van der Waals surface area (Å²) in [5.41, 5.74) is 6.52. The molecule has 2 aliphatic heterocycles. The minimum atomic E-state index is -0.163. The number of rotatable bonds is 5. The second-order valence-electron chi connectivity index (χ2n) is 9.62. The van der Waals surface area contributed by atoms with Gasteiger partial charge in [0.2, 0.25) is 11.8 Å². The molecule has 7 nitrogen and oxygen atoms in total. The smallest absolute Gasteiger partial charge is 0.247 e. The zero-order valence-corrected chi connectivity index (χ0v) is 20.0. The molecular weight excluding hydrogens is 469 g/mol.